The van der Waals surface area contributed by atoms with E-state index in [1.165, 1.54) is 23.1 Å². The van der Waals surface area contributed by atoms with E-state index < -0.39 is 0 Å². The van der Waals surface area contributed by atoms with Gasteiger partial charge < -0.3 is 10.3 Å². The Balaban J connectivity index is 1.84. The molecule has 2 N–H and O–H groups in total. The quantitative estimate of drug-likeness (QED) is 0.805. The van der Waals surface area contributed by atoms with E-state index in [0.29, 0.717) is 22.6 Å². The second kappa shape index (κ2) is 5.97. The van der Waals surface area contributed by atoms with E-state index in [0.717, 1.165) is 23.6 Å². The largest absolute Gasteiger partial charge is 0.374 e. The predicted octanol–water partition coefficient (Wildman–Crippen LogP) is 2.14. The van der Waals surface area contributed by atoms with Crippen LogP contribution in [0.4, 0.5) is 5.13 Å². The summed E-state index contributed by atoms with van der Waals surface area (Å²) in [6.07, 6.45) is 3.04. The van der Waals surface area contributed by atoms with Gasteiger partial charge in [0.15, 0.2) is 10.2 Å². The maximum Gasteiger partial charge on any atom is 0.226 e. The predicted molar refractivity (Wildman–Crippen MR) is 66.8 cm³/mol. The van der Waals surface area contributed by atoms with Crippen LogP contribution < -0.4 is 5.73 Å². The Kier molecular flexibility index (Phi) is 4.32. The number of anilines is 1. The fourth-order valence-corrected chi connectivity index (χ4v) is 2.66. The molecule has 0 aliphatic rings. The molecule has 17 heavy (non-hydrogen) atoms. The average Bonchev–Trinajstić information content (AvgIpc) is 2.93. The highest BCUT2D eigenvalue weighted by Crippen LogP contribution is 2.25. The molecule has 0 saturated heterocycles. The SMILES string of the molecule is CCCCc1nc(CSc2nnc(N)s2)no1. The summed E-state index contributed by atoms with van der Waals surface area (Å²) in [4.78, 5) is 4.30. The summed E-state index contributed by atoms with van der Waals surface area (Å²) in [5, 5.41) is 12.0. The highest BCUT2D eigenvalue weighted by atomic mass is 32.2. The maximum absolute atomic E-state index is 5.49. The van der Waals surface area contributed by atoms with Crippen molar-refractivity contribution in [2.24, 2.45) is 0 Å². The fraction of sp³-hybridized carbons (Fsp3) is 0.556. The van der Waals surface area contributed by atoms with E-state index >= 15 is 0 Å². The Bertz CT molecular complexity index is 469. The summed E-state index contributed by atoms with van der Waals surface area (Å²) in [5.41, 5.74) is 5.49. The number of hydrogen-bond acceptors (Lipinski definition) is 8. The molecular weight excluding hydrogens is 258 g/mol. The fourth-order valence-electron chi connectivity index (χ4n) is 1.18. The maximum atomic E-state index is 5.49. The summed E-state index contributed by atoms with van der Waals surface area (Å²) in [7, 11) is 0. The number of unbranched alkanes of at least 4 members (excludes halogenated alkanes) is 1. The van der Waals surface area contributed by atoms with Crippen LogP contribution in [0.1, 0.15) is 31.5 Å². The monoisotopic (exact) mass is 271 g/mol. The molecule has 0 unspecified atom stereocenters. The molecule has 0 atom stereocenters. The summed E-state index contributed by atoms with van der Waals surface area (Å²) in [6.45, 7) is 2.13. The van der Waals surface area contributed by atoms with Gasteiger partial charge in [-0.3, -0.25) is 0 Å². The van der Waals surface area contributed by atoms with Gasteiger partial charge in [-0.05, 0) is 6.42 Å². The summed E-state index contributed by atoms with van der Waals surface area (Å²) in [6, 6.07) is 0. The van der Waals surface area contributed by atoms with Crippen LogP contribution in [0.5, 0.6) is 0 Å². The van der Waals surface area contributed by atoms with Crippen LogP contribution in [0.3, 0.4) is 0 Å². The first-order chi connectivity index (χ1) is 8.28. The number of hydrogen-bond donors (Lipinski definition) is 1. The molecule has 0 amide bonds. The first kappa shape index (κ1) is 12.3. The Morgan fingerprint density at radius 3 is 3.00 bits per heavy atom. The lowest BCUT2D eigenvalue weighted by Gasteiger charge is -1.89. The van der Waals surface area contributed by atoms with Gasteiger partial charge in [-0.15, -0.1) is 10.2 Å². The van der Waals surface area contributed by atoms with Gasteiger partial charge in [0.05, 0.1) is 5.75 Å². The van der Waals surface area contributed by atoms with Crippen molar-refractivity contribution >= 4 is 28.2 Å². The second-order valence-electron chi connectivity index (χ2n) is 3.40. The minimum atomic E-state index is 0.476. The molecule has 8 heteroatoms. The van der Waals surface area contributed by atoms with Crippen molar-refractivity contribution in [1.29, 1.82) is 0 Å². The van der Waals surface area contributed by atoms with E-state index in [1.807, 2.05) is 0 Å². The first-order valence-corrected chi connectivity index (χ1v) is 7.11. The molecule has 2 aromatic heterocycles. The second-order valence-corrected chi connectivity index (χ2v) is 5.63. The van der Waals surface area contributed by atoms with Crippen molar-refractivity contribution in [3.8, 4) is 0 Å². The van der Waals surface area contributed by atoms with E-state index in [4.69, 9.17) is 10.3 Å². The molecule has 0 aliphatic heterocycles. The molecule has 92 valence electrons. The summed E-state index contributed by atoms with van der Waals surface area (Å²) >= 11 is 2.87. The van der Waals surface area contributed by atoms with Gasteiger partial charge >= 0.3 is 0 Å². The Labute approximate surface area is 107 Å². The highest BCUT2D eigenvalue weighted by Gasteiger charge is 2.08. The molecule has 0 bridgehead atoms. The number of rotatable bonds is 6. The van der Waals surface area contributed by atoms with Crippen molar-refractivity contribution in [1.82, 2.24) is 20.3 Å². The molecule has 0 spiro atoms. The third-order valence-electron chi connectivity index (χ3n) is 2.00. The number of nitrogen functional groups attached to an aromatic ring is 1. The molecule has 0 aromatic carbocycles. The zero-order chi connectivity index (χ0) is 12.1. The standard InChI is InChI=1S/C9H13N5OS2/c1-2-3-4-7-11-6(14-15-7)5-16-9-13-12-8(10)17-9/h2-5H2,1H3,(H2,10,12). The lowest BCUT2D eigenvalue weighted by molar-refractivity contribution is 0.371. The Hall–Kier alpha value is -1.15. The van der Waals surface area contributed by atoms with Crippen LogP contribution in [0, 0.1) is 0 Å². The minimum absolute atomic E-state index is 0.476. The van der Waals surface area contributed by atoms with Gasteiger partial charge in [0.2, 0.25) is 11.0 Å². The molecule has 0 radical (unpaired) electrons. The van der Waals surface area contributed by atoms with Crippen LogP contribution in [-0.2, 0) is 12.2 Å². The number of aromatic nitrogens is 4. The molecule has 0 fully saturated rings. The first-order valence-electron chi connectivity index (χ1n) is 5.31. The van der Waals surface area contributed by atoms with Gasteiger partial charge in [-0.1, -0.05) is 41.6 Å². The number of nitrogens with zero attached hydrogens (tertiary/aromatic N) is 4. The van der Waals surface area contributed by atoms with Gasteiger partial charge in [0.1, 0.15) is 0 Å². The number of aryl methyl sites for hydroxylation is 1. The third-order valence-corrected chi connectivity index (χ3v) is 3.88. The summed E-state index contributed by atoms with van der Waals surface area (Å²) < 4.78 is 5.95. The van der Waals surface area contributed by atoms with Gasteiger partial charge in [-0.2, -0.15) is 4.98 Å². The molecule has 2 heterocycles. The van der Waals surface area contributed by atoms with Gasteiger partial charge in [0, 0.05) is 6.42 Å². The smallest absolute Gasteiger partial charge is 0.226 e. The third kappa shape index (κ3) is 3.67. The van der Waals surface area contributed by atoms with Gasteiger partial charge in [0.25, 0.3) is 0 Å². The molecule has 0 aliphatic carbocycles. The van der Waals surface area contributed by atoms with Crippen molar-refractivity contribution in [2.45, 2.75) is 36.3 Å². The lowest BCUT2D eigenvalue weighted by atomic mass is 10.2. The normalized spacial score (nSPS) is 10.9. The average molecular weight is 271 g/mol. The van der Waals surface area contributed by atoms with Crippen LogP contribution in [0.15, 0.2) is 8.86 Å². The minimum Gasteiger partial charge on any atom is -0.374 e. The Morgan fingerprint density at radius 1 is 1.41 bits per heavy atom. The van der Waals surface area contributed by atoms with E-state index in [-0.39, 0.29) is 0 Å². The topological polar surface area (TPSA) is 90.7 Å². The van der Waals surface area contributed by atoms with Crippen LogP contribution >= 0.6 is 23.1 Å². The van der Waals surface area contributed by atoms with Crippen molar-refractivity contribution < 1.29 is 4.52 Å². The zero-order valence-corrected chi connectivity index (χ0v) is 11.1. The highest BCUT2D eigenvalue weighted by molar-refractivity contribution is 8.00. The molecule has 0 saturated carbocycles. The van der Waals surface area contributed by atoms with Gasteiger partial charge in [-0.25, -0.2) is 0 Å². The molecule has 6 nitrogen and oxygen atoms in total. The van der Waals surface area contributed by atoms with E-state index in [2.05, 4.69) is 27.3 Å². The zero-order valence-electron chi connectivity index (χ0n) is 9.42. The van der Waals surface area contributed by atoms with E-state index in [1.54, 1.807) is 0 Å². The summed E-state index contributed by atoms with van der Waals surface area (Å²) in [5.74, 6) is 2.03. The van der Waals surface area contributed by atoms with Crippen molar-refractivity contribution in [2.75, 3.05) is 5.73 Å². The number of thioether (sulfide) groups is 1. The van der Waals surface area contributed by atoms with Crippen LogP contribution in [0.25, 0.3) is 0 Å². The Morgan fingerprint density at radius 2 is 2.29 bits per heavy atom. The van der Waals surface area contributed by atoms with Crippen LogP contribution in [-0.4, -0.2) is 20.3 Å². The molecule has 2 rings (SSSR count). The molecular formula is C9H13N5OS2. The van der Waals surface area contributed by atoms with Crippen molar-refractivity contribution in [3.05, 3.63) is 11.7 Å². The van der Waals surface area contributed by atoms with Crippen LogP contribution in [0.2, 0.25) is 0 Å². The lowest BCUT2D eigenvalue weighted by Crippen LogP contribution is -1.87. The molecule has 2 aromatic rings. The number of nitrogens with two attached hydrogens (primary N) is 1. The van der Waals surface area contributed by atoms with E-state index in [9.17, 15) is 0 Å². The van der Waals surface area contributed by atoms with Crippen molar-refractivity contribution in [3.63, 3.8) is 0 Å².